The molecule has 2 amide bonds. The number of thioether (sulfide) groups is 1. The van der Waals surface area contributed by atoms with Gasteiger partial charge in [-0.05, 0) is 50.2 Å². The van der Waals surface area contributed by atoms with E-state index in [0.29, 0.717) is 5.69 Å². The molecular weight excluding hydrogens is 377 g/mol. The number of nitrogens with one attached hydrogen (secondary N) is 2. The van der Waals surface area contributed by atoms with Gasteiger partial charge in [0.2, 0.25) is 11.8 Å². The minimum Gasteiger partial charge on any atom is -0.325 e. The highest BCUT2D eigenvalue weighted by molar-refractivity contribution is 8.01. The number of rotatable bonds is 6. The Balaban J connectivity index is 1.81. The molecule has 0 fully saturated rings. The van der Waals surface area contributed by atoms with E-state index in [2.05, 4.69) is 10.6 Å². The Morgan fingerprint density at radius 3 is 2.04 bits per heavy atom. The van der Waals surface area contributed by atoms with E-state index in [1.165, 1.54) is 12.1 Å². The highest BCUT2D eigenvalue weighted by Crippen LogP contribution is 2.30. The lowest BCUT2D eigenvalue weighted by Crippen LogP contribution is -2.25. The van der Waals surface area contributed by atoms with Crippen LogP contribution in [-0.4, -0.2) is 22.8 Å². The van der Waals surface area contributed by atoms with Crippen LogP contribution in [0.1, 0.15) is 18.1 Å². The first-order valence-corrected chi connectivity index (χ1v) is 9.16. The number of carbonyl (C=O) groups is 2. The third-order valence-electron chi connectivity index (χ3n) is 3.65. The Bertz CT molecular complexity index is 790. The number of carbonyl (C=O) groups excluding carboxylic acids is 2. The predicted molar refractivity (Wildman–Crippen MR) is 102 cm³/mol. The minimum atomic E-state index is -4.42. The maximum Gasteiger partial charge on any atom is 0.416 e. The van der Waals surface area contributed by atoms with Crippen LogP contribution in [0.3, 0.4) is 0 Å². The molecule has 0 aliphatic heterocycles. The third-order valence-corrected chi connectivity index (χ3v) is 4.79. The van der Waals surface area contributed by atoms with Crippen LogP contribution in [0, 0.1) is 6.92 Å². The second kappa shape index (κ2) is 8.94. The molecule has 144 valence electrons. The third kappa shape index (κ3) is 6.63. The predicted octanol–water partition coefficient (Wildman–Crippen LogP) is 4.71. The van der Waals surface area contributed by atoms with E-state index >= 15 is 0 Å². The second-order valence-electron chi connectivity index (χ2n) is 5.93. The van der Waals surface area contributed by atoms with Crippen LogP contribution in [0.2, 0.25) is 0 Å². The van der Waals surface area contributed by atoms with Crippen molar-refractivity contribution < 1.29 is 22.8 Å². The van der Waals surface area contributed by atoms with Gasteiger partial charge in [0.25, 0.3) is 0 Å². The van der Waals surface area contributed by atoms with Crippen LogP contribution in [0.25, 0.3) is 0 Å². The first-order chi connectivity index (χ1) is 12.6. The number of amides is 2. The lowest BCUT2D eigenvalue weighted by atomic mass is 10.2. The summed E-state index contributed by atoms with van der Waals surface area (Å²) >= 11 is 1.14. The summed E-state index contributed by atoms with van der Waals surface area (Å²) in [5.74, 6) is -0.545. The molecule has 0 bridgehead atoms. The van der Waals surface area contributed by atoms with E-state index in [0.717, 1.165) is 29.5 Å². The fourth-order valence-electron chi connectivity index (χ4n) is 2.10. The van der Waals surface area contributed by atoms with E-state index in [1.54, 1.807) is 19.1 Å². The van der Waals surface area contributed by atoms with Gasteiger partial charge in [-0.1, -0.05) is 17.7 Å². The van der Waals surface area contributed by atoms with Crippen molar-refractivity contribution in [2.45, 2.75) is 25.3 Å². The van der Waals surface area contributed by atoms with Gasteiger partial charge < -0.3 is 10.6 Å². The van der Waals surface area contributed by atoms with Crippen molar-refractivity contribution in [3.8, 4) is 0 Å². The zero-order chi connectivity index (χ0) is 20.0. The summed E-state index contributed by atoms with van der Waals surface area (Å²) in [6.07, 6.45) is -4.42. The number of anilines is 2. The molecule has 1 unspecified atom stereocenters. The van der Waals surface area contributed by atoms with E-state index in [9.17, 15) is 22.8 Å². The fraction of sp³-hybridized carbons (Fsp3) is 0.263. The van der Waals surface area contributed by atoms with Gasteiger partial charge in [0.05, 0.1) is 16.6 Å². The molecule has 27 heavy (non-hydrogen) atoms. The summed E-state index contributed by atoms with van der Waals surface area (Å²) in [5.41, 5.74) is 1.24. The van der Waals surface area contributed by atoms with Gasteiger partial charge in [-0.25, -0.2) is 0 Å². The number of benzene rings is 2. The largest absolute Gasteiger partial charge is 0.416 e. The number of aryl methyl sites for hydroxylation is 1. The van der Waals surface area contributed by atoms with Gasteiger partial charge in [0.15, 0.2) is 0 Å². The topological polar surface area (TPSA) is 58.2 Å². The van der Waals surface area contributed by atoms with Crippen LogP contribution in [-0.2, 0) is 15.8 Å². The zero-order valence-corrected chi connectivity index (χ0v) is 15.6. The second-order valence-corrected chi connectivity index (χ2v) is 7.26. The van der Waals surface area contributed by atoms with Gasteiger partial charge in [-0.3, -0.25) is 9.59 Å². The van der Waals surface area contributed by atoms with Crippen molar-refractivity contribution >= 4 is 35.0 Å². The summed E-state index contributed by atoms with van der Waals surface area (Å²) in [7, 11) is 0. The van der Waals surface area contributed by atoms with Gasteiger partial charge in [0, 0.05) is 11.4 Å². The lowest BCUT2D eigenvalue weighted by molar-refractivity contribution is -0.137. The summed E-state index contributed by atoms with van der Waals surface area (Å²) in [6, 6.07) is 11.5. The number of hydrogen-bond donors (Lipinski definition) is 2. The summed E-state index contributed by atoms with van der Waals surface area (Å²) in [6.45, 7) is 3.57. The first kappa shape index (κ1) is 20.8. The Morgan fingerprint density at radius 1 is 0.963 bits per heavy atom. The van der Waals surface area contributed by atoms with Crippen LogP contribution in [0.4, 0.5) is 24.5 Å². The van der Waals surface area contributed by atoms with E-state index < -0.39 is 17.0 Å². The van der Waals surface area contributed by atoms with Gasteiger partial charge in [0.1, 0.15) is 0 Å². The quantitative estimate of drug-likeness (QED) is 0.743. The minimum absolute atomic E-state index is 0.0788. The molecule has 0 saturated heterocycles. The molecule has 0 heterocycles. The van der Waals surface area contributed by atoms with Gasteiger partial charge >= 0.3 is 6.18 Å². The molecule has 2 N–H and O–H groups in total. The standard InChI is InChI=1S/C19H19F3N2O2S/c1-12-3-7-15(8-4-12)23-17(25)11-27-13(2)18(26)24-16-9-5-14(6-10-16)19(20,21)22/h3-10,13H,11H2,1-2H3,(H,23,25)(H,24,26). The van der Waals surface area contributed by atoms with Crippen molar-refractivity contribution in [1.29, 1.82) is 0 Å². The Hall–Kier alpha value is -2.48. The fourth-order valence-corrected chi connectivity index (χ4v) is 2.78. The summed E-state index contributed by atoms with van der Waals surface area (Å²) in [4.78, 5) is 24.1. The molecule has 2 aromatic rings. The molecule has 0 saturated carbocycles. The van der Waals surface area contributed by atoms with E-state index in [1.807, 2.05) is 19.1 Å². The SMILES string of the molecule is Cc1ccc(NC(=O)CSC(C)C(=O)Nc2ccc(C(F)(F)F)cc2)cc1. The van der Waals surface area contributed by atoms with Crippen molar-refractivity contribution in [3.05, 3.63) is 59.7 Å². The molecule has 1 atom stereocenters. The lowest BCUT2D eigenvalue weighted by Gasteiger charge is -2.13. The zero-order valence-electron chi connectivity index (χ0n) is 14.8. The normalized spacial score (nSPS) is 12.3. The maximum absolute atomic E-state index is 12.5. The number of hydrogen-bond acceptors (Lipinski definition) is 3. The molecule has 4 nitrogen and oxygen atoms in total. The van der Waals surface area contributed by atoms with Crippen LogP contribution >= 0.6 is 11.8 Å². The molecular formula is C19H19F3N2O2S. The van der Waals surface area contributed by atoms with Crippen LogP contribution in [0.15, 0.2) is 48.5 Å². The molecule has 2 aromatic carbocycles. The highest BCUT2D eigenvalue weighted by atomic mass is 32.2. The van der Waals surface area contributed by atoms with E-state index in [-0.39, 0.29) is 23.3 Å². The van der Waals surface area contributed by atoms with Crippen molar-refractivity contribution in [2.24, 2.45) is 0 Å². The van der Waals surface area contributed by atoms with Crippen molar-refractivity contribution in [2.75, 3.05) is 16.4 Å². The molecule has 8 heteroatoms. The smallest absolute Gasteiger partial charge is 0.325 e. The molecule has 0 radical (unpaired) electrons. The van der Waals surface area contributed by atoms with Crippen LogP contribution < -0.4 is 10.6 Å². The highest BCUT2D eigenvalue weighted by Gasteiger charge is 2.30. The Morgan fingerprint density at radius 2 is 1.48 bits per heavy atom. The van der Waals surface area contributed by atoms with E-state index in [4.69, 9.17) is 0 Å². The maximum atomic E-state index is 12.5. The van der Waals surface area contributed by atoms with Gasteiger partial charge in [-0.2, -0.15) is 13.2 Å². The molecule has 0 aromatic heterocycles. The molecule has 0 aliphatic rings. The summed E-state index contributed by atoms with van der Waals surface area (Å²) in [5, 5.41) is 4.73. The monoisotopic (exact) mass is 396 g/mol. The van der Waals surface area contributed by atoms with Crippen LogP contribution in [0.5, 0.6) is 0 Å². The first-order valence-electron chi connectivity index (χ1n) is 8.11. The Labute approximate surface area is 159 Å². The molecule has 2 rings (SSSR count). The summed E-state index contributed by atoms with van der Waals surface area (Å²) < 4.78 is 37.6. The van der Waals surface area contributed by atoms with Crippen molar-refractivity contribution in [1.82, 2.24) is 0 Å². The Kier molecular flexibility index (Phi) is 6.90. The molecule has 0 aliphatic carbocycles. The van der Waals surface area contributed by atoms with Crippen molar-refractivity contribution in [3.63, 3.8) is 0 Å². The molecule has 0 spiro atoms. The number of alkyl halides is 3. The average Bonchev–Trinajstić information content (AvgIpc) is 2.61. The number of halogens is 3. The average molecular weight is 396 g/mol. The van der Waals surface area contributed by atoms with Gasteiger partial charge in [-0.15, -0.1) is 11.8 Å².